The van der Waals surface area contributed by atoms with Crippen LogP contribution in [0.3, 0.4) is 0 Å². The van der Waals surface area contributed by atoms with Crippen LogP contribution in [0.4, 0.5) is 0 Å². The molecule has 1 unspecified atom stereocenters. The summed E-state index contributed by atoms with van der Waals surface area (Å²) < 4.78 is 0. The Morgan fingerprint density at radius 1 is 1.41 bits per heavy atom. The van der Waals surface area contributed by atoms with Crippen molar-refractivity contribution in [3.05, 3.63) is 18.5 Å². The van der Waals surface area contributed by atoms with Gasteiger partial charge >= 0.3 is 29.6 Å². The molecule has 0 bridgehead atoms. The molecule has 0 aliphatic carbocycles. The second-order valence-corrected chi connectivity index (χ2v) is 3.62. The molecule has 8 heteroatoms. The monoisotopic (exact) mass is 248 g/mol. The van der Waals surface area contributed by atoms with E-state index in [9.17, 15) is 4.79 Å². The first-order valence-electron chi connectivity index (χ1n) is 5.00. The number of hydrogen-bond donors (Lipinski definition) is 3. The van der Waals surface area contributed by atoms with Gasteiger partial charge in [0.15, 0.2) is 0 Å². The summed E-state index contributed by atoms with van der Waals surface area (Å²) in [6.07, 6.45) is 3.77. The molecular weight excluding hydrogens is 231 g/mol. The summed E-state index contributed by atoms with van der Waals surface area (Å²) in [5.41, 5.74) is 15.6. The minimum atomic E-state index is -1.64. The van der Waals surface area contributed by atoms with Crippen LogP contribution in [0.15, 0.2) is 12.7 Å². The number of carbonyl (C=O) groups excluding carboxylic acids is 1. The van der Waals surface area contributed by atoms with Gasteiger partial charge in [0.2, 0.25) is 11.6 Å². The van der Waals surface area contributed by atoms with Crippen LogP contribution in [0, 0.1) is 0 Å². The van der Waals surface area contributed by atoms with E-state index >= 15 is 0 Å². The Labute approximate surface area is 122 Å². The van der Waals surface area contributed by atoms with E-state index in [1.807, 2.05) is 6.92 Å². The van der Waals surface area contributed by atoms with Crippen LogP contribution in [-0.4, -0.2) is 62.0 Å². The van der Waals surface area contributed by atoms with E-state index in [1.54, 1.807) is 0 Å². The number of Topliss-reactive ketones (excluding diaryl/α,β-unsaturated/α-hetero) is 1. The average molecular weight is 248 g/mol. The summed E-state index contributed by atoms with van der Waals surface area (Å²) in [6.45, 7) is 1.93. The second-order valence-electron chi connectivity index (χ2n) is 3.62. The molecule has 6 N–H and O–H groups in total. The zero-order valence-corrected chi connectivity index (χ0v) is 9.13. The number of ketones is 1. The molecular formula is C9H17N6NaO. The average Bonchev–Trinajstić information content (AvgIpc) is 2.29. The maximum atomic E-state index is 11.9. The molecule has 17 heavy (non-hydrogen) atoms. The number of carbonyl (C=O) groups is 1. The van der Waals surface area contributed by atoms with Gasteiger partial charge in [0, 0.05) is 6.04 Å². The fraction of sp³-hybridized carbons (Fsp3) is 0.556. The van der Waals surface area contributed by atoms with E-state index < -0.39 is 17.5 Å². The van der Waals surface area contributed by atoms with Crippen LogP contribution >= 0.6 is 0 Å². The molecule has 1 heterocycles. The quantitative estimate of drug-likeness (QED) is 0.316. The first-order chi connectivity index (χ1) is 7.50. The Morgan fingerprint density at radius 2 is 1.94 bits per heavy atom. The van der Waals surface area contributed by atoms with Crippen molar-refractivity contribution in [2.75, 3.05) is 0 Å². The van der Waals surface area contributed by atoms with Gasteiger partial charge in [0.1, 0.15) is 18.3 Å². The van der Waals surface area contributed by atoms with E-state index in [4.69, 9.17) is 17.2 Å². The third kappa shape index (κ3) is 4.06. The molecule has 1 atom stereocenters. The van der Waals surface area contributed by atoms with Crippen LogP contribution in [0.2, 0.25) is 0 Å². The fourth-order valence-electron chi connectivity index (χ4n) is 1.27. The predicted molar refractivity (Wildman–Crippen MR) is 65.3 cm³/mol. The number of nitrogens with zero attached hydrogens (tertiary/aromatic N) is 3. The molecule has 0 saturated heterocycles. The Bertz CT molecular complexity index is 358. The van der Waals surface area contributed by atoms with Gasteiger partial charge in [-0.05, 0) is 6.42 Å². The van der Waals surface area contributed by atoms with Crippen molar-refractivity contribution >= 4 is 35.3 Å². The Balaban J connectivity index is 0.00000256. The van der Waals surface area contributed by atoms with E-state index in [2.05, 4.69) is 15.0 Å². The van der Waals surface area contributed by atoms with E-state index in [0.717, 1.165) is 6.42 Å². The molecule has 0 fully saturated rings. The summed E-state index contributed by atoms with van der Waals surface area (Å²) >= 11 is 0. The van der Waals surface area contributed by atoms with Crippen LogP contribution in [-0.2, 0) is 0 Å². The Hall–Kier alpha value is -0.440. The van der Waals surface area contributed by atoms with E-state index in [1.165, 1.54) is 12.7 Å². The van der Waals surface area contributed by atoms with Gasteiger partial charge in [-0.25, -0.2) is 15.0 Å². The summed E-state index contributed by atoms with van der Waals surface area (Å²) in [4.78, 5) is 22.9. The first-order valence-corrected chi connectivity index (χ1v) is 5.00. The van der Waals surface area contributed by atoms with Gasteiger partial charge in [-0.15, -0.1) is 0 Å². The Kier molecular flexibility index (Phi) is 6.91. The SMILES string of the molecule is CCCC(N)C(N)(N)C(=O)c1ncncn1.[NaH]. The molecule has 0 amide bonds. The number of nitrogens with two attached hydrogens (primary N) is 3. The van der Waals surface area contributed by atoms with Crippen LogP contribution in [0.5, 0.6) is 0 Å². The summed E-state index contributed by atoms with van der Waals surface area (Å²) in [5, 5.41) is 0. The number of rotatable bonds is 5. The molecule has 0 aromatic carbocycles. The molecule has 90 valence electrons. The third-order valence-corrected chi connectivity index (χ3v) is 2.30. The molecule has 0 aliphatic rings. The van der Waals surface area contributed by atoms with E-state index in [0.29, 0.717) is 6.42 Å². The normalized spacial score (nSPS) is 12.7. The van der Waals surface area contributed by atoms with Crippen LogP contribution in [0.1, 0.15) is 30.4 Å². The molecule has 0 saturated carbocycles. The molecule has 0 spiro atoms. The van der Waals surface area contributed by atoms with Gasteiger partial charge in [0.05, 0.1) is 0 Å². The zero-order valence-electron chi connectivity index (χ0n) is 9.13. The summed E-state index contributed by atoms with van der Waals surface area (Å²) in [5.74, 6) is -0.637. The van der Waals surface area contributed by atoms with Crippen LogP contribution < -0.4 is 17.2 Å². The van der Waals surface area contributed by atoms with Crippen molar-refractivity contribution in [2.24, 2.45) is 17.2 Å². The molecule has 1 rings (SSSR count). The molecule has 1 aromatic heterocycles. The van der Waals surface area contributed by atoms with E-state index in [-0.39, 0.29) is 35.4 Å². The molecule has 0 radical (unpaired) electrons. The van der Waals surface area contributed by atoms with Gasteiger partial charge in [-0.1, -0.05) is 13.3 Å². The standard InChI is InChI=1S/C9H16N6O.Na.H/c1-2-3-6(10)9(11,12)7(16)8-14-4-13-5-15-8;;/h4-6H,2-3,10-12H2,1H3;;. The van der Waals surface area contributed by atoms with Crippen molar-refractivity contribution in [3.63, 3.8) is 0 Å². The minimum absolute atomic E-state index is 0. The molecule has 1 aromatic rings. The van der Waals surface area contributed by atoms with Gasteiger partial charge < -0.3 is 17.2 Å². The van der Waals surface area contributed by atoms with Crippen LogP contribution in [0.25, 0.3) is 0 Å². The first kappa shape index (κ1) is 16.6. The third-order valence-electron chi connectivity index (χ3n) is 2.30. The molecule has 0 aliphatic heterocycles. The van der Waals surface area contributed by atoms with Gasteiger partial charge in [0.25, 0.3) is 0 Å². The zero-order chi connectivity index (χ0) is 12.2. The van der Waals surface area contributed by atoms with Crippen molar-refractivity contribution in [1.29, 1.82) is 0 Å². The number of aromatic nitrogens is 3. The molecule has 7 nitrogen and oxygen atoms in total. The second kappa shape index (κ2) is 7.10. The maximum absolute atomic E-state index is 11.9. The van der Waals surface area contributed by atoms with Gasteiger partial charge in [-0.3, -0.25) is 4.79 Å². The van der Waals surface area contributed by atoms with Crippen molar-refractivity contribution in [1.82, 2.24) is 15.0 Å². The summed E-state index contributed by atoms with van der Waals surface area (Å²) in [7, 11) is 0. The Morgan fingerprint density at radius 3 is 2.41 bits per heavy atom. The topological polar surface area (TPSA) is 134 Å². The van der Waals surface area contributed by atoms with Crippen molar-refractivity contribution < 1.29 is 4.79 Å². The van der Waals surface area contributed by atoms with Crippen molar-refractivity contribution in [3.8, 4) is 0 Å². The number of hydrogen-bond acceptors (Lipinski definition) is 7. The van der Waals surface area contributed by atoms with Crippen molar-refractivity contribution in [2.45, 2.75) is 31.5 Å². The van der Waals surface area contributed by atoms with Gasteiger partial charge in [-0.2, -0.15) is 0 Å². The predicted octanol–water partition coefficient (Wildman–Crippen LogP) is -1.85. The fourth-order valence-corrected chi connectivity index (χ4v) is 1.27. The summed E-state index contributed by atoms with van der Waals surface area (Å²) in [6, 6.07) is -0.623.